The number of benzene rings is 2. The lowest BCUT2D eigenvalue weighted by atomic mass is 10.0. The Hall–Kier alpha value is -2.44. The van der Waals surface area contributed by atoms with Gasteiger partial charge in [0, 0.05) is 39.3 Å². The van der Waals surface area contributed by atoms with Crippen LogP contribution in [0.1, 0.15) is 36.7 Å². The molecular formula is C22H19BrN2O2S. The summed E-state index contributed by atoms with van der Waals surface area (Å²) in [6.45, 7) is 3.25. The highest BCUT2D eigenvalue weighted by Crippen LogP contribution is 2.27. The van der Waals surface area contributed by atoms with Crippen LogP contribution in [-0.4, -0.2) is 23.3 Å². The maximum atomic E-state index is 13.1. The standard InChI is InChI=1S/C22H19BrN2O2S/c1-14-18(22(27)25-11-9-20-16(13-25)10-12-28-20)3-2-4-19(14)24-21(26)15-5-7-17(23)8-6-15/h2-8,10,12H,9,11,13H2,1H3,(H,24,26). The van der Waals surface area contributed by atoms with E-state index in [0.717, 1.165) is 23.0 Å². The van der Waals surface area contributed by atoms with Gasteiger partial charge >= 0.3 is 0 Å². The van der Waals surface area contributed by atoms with E-state index in [1.807, 2.05) is 42.2 Å². The summed E-state index contributed by atoms with van der Waals surface area (Å²) in [5.41, 5.74) is 3.88. The predicted molar refractivity (Wildman–Crippen MR) is 116 cm³/mol. The van der Waals surface area contributed by atoms with Crippen LogP contribution in [0.5, 0.6) is 0 Å². The zero-order valence-electron chi connectivity index (χ0n) is 15.4. The number of amides is 2. The molecule has 0 atom stereocenters. The van der Waals surface area contributed by atoms with Crippen LogP contribution in [0, 0.1) is 6.92 Å². The Morgan fingerprint density at radius 2 is 1.89 bits per heavy atom. The summed E-state index contributed by atoms with van der Waals surface area (Å²) in [5.74, 6) is -0.185. The summed E-state index contributed by atoms with van der Waals surface area (Å²) in [5, 5.41) is 5.02. The second-order valence-electron chi connectivity index (χ2n) is 6.78. The van der Waals surface area contributed by atoms with E-state index in [1.54, 1.807) is 23.5 Å². The molecule has 0 saturated heterocycles. The number of halogens is 1. The van der Waals surface area contributed by atoms with E-state index < -0.39 is 0 Å². The van der Waals surface area contributed by atoms with Gasteiger partial charge < -0.3 is 10.2 Å². The Morgan fingerprint density at radius 3 is 2.68 bits per heavy atom. The summed E-state index contributed by atoms with van der Waals surface area (Å²) < 4.78 is 0.920. The van der Waals surface area contributed by atoms with E-state index >= 15 is 0 Å². The van der Waals surface area contributed by atoms with Gasteiger partial charge in [0.15, 0.2) is 0 Å². The van der Waals surface area contributed by atoms with Crippen molar-refractivity contribution in [2.75, 3.05) is 11.9 Å². The highest BCUT2D eigenvalue weighted by atomic mass is 79.9. The van der Waals surface area contributed by atoms with Crippen LogP contribution in [0.2, 0.25) is 0 Å². The molecule has 1 N–H and O–H groups in total. The third-order valence-electron chi connectivity index (χ3n) is 5.01. The number of hydrogen-bond acceptors (Lipinski definition) is 3. The van der Waals surface area contributed by atoms with Gasteiger partial charge in [0.1, 0.15) is 0 Å². The smallest absolute Gasteiger partial charge is 0.255 e. The van der Waals surface area contributed by atoms with Gasteiger partial charge in [-0.3, -0.25) is 9.59 Å². The number of hydrogen-bond donors (Lipinski definition) is 1. The number of rotatable bonds is 3. The highest BCUT2D eigenvalue weighted by Gasteiger charge is 2.24. The third kappa shape index (κ3) is 3.75. The minimum absolute atomic E-state index is 0.00842. The van der Waals surface area contributed by atoms with E-state index in [-0.39, 0.29) is 11.8 Å². The van der Waals surface area contributed by atoms with Gasteiger partial charge in [-0.1, -0.05) is 22.0 Å². The lowest BCUT2D eigenvalue weighted by Crippen LogP contribution is -2.35. The van der Waals surface area contributed by atoms with Gasteiger partial charge in [-0.15, -0.1) is 11.3 Å². The Balaban J connectivity index is 1.54. The van der Waals surface area contributed by atoms with Gasteiger partial charge in [0.25, 0.3) is 11.8 Å². The Kier molecular flexibility index (Phi) is 5.33. The van der Waals surface area contributed by atoms with Gasteiger partial charge in [-0.25, -0.2) is 0 Å². The zero-order valence-corrected chi connectivity index (χ0v) is 17.8. The van der Waals surface area contributed by atoms with Gasteiger partial charge in [-0.2, -0.15) is 0 Å². The Bertz CT molecular complexity index is 1040. The first-order valence-electron chi connectivity index (χ1n) is 9.04. The molecule has 0 bridgehead atoms. The van der Waals surface area contributed by atoms with E-state index in [4.69, 9.17) is 0 Å². The molecule has 3 aromatic rings. The Labute approximate surface area is 176 Å². The summed E-state index contributed by atoms with van der Waals surface area (Å²) in [7, 11) is 0. The van der Waals surface area contributed by atoms with Crippen molar-refractivity contribution in [2.24, 2.45) is 0 Å². The van der Waals surface area contributed by atoms with Crippen molar-refractivity contribution >= 4 is 44.8 Å². The molecule has 2 amide bonds. The molecule has 142 valence electrons. The molecule has 6 heteroatoms. The normalized spacial score (nSPS) is 13.1. The molecule has 4 rings (SSSR count). The Morgan fingerprint density at radius 1 is 1.11 bits per heavy atom. The first-order chi connectivity index (χ1) is 13.5. The molecule has 0 fully saturated rings. The molecular weight excluding hydrogens is 436 g/mol. The topological polar surface area (TPSA) is 49.4 Å². The van der Waals surface area contributed by atoms with Crippen LogP contribution in [0.4, 0.5) is 5.69 Å². The second kappa shape index (κ2) is 7.89. The van der Waals surface area contributed by atoms with Crippen molar-refractivity contribution in [1.29, 1.82) is 0 Å². The lowest BCUT2D eigenvalue weighted by Gasteiger charge is -2.28. The van der Waals surface area contributed by atoms with Gasteiger partial charge in [0.05, 0.1) is 0 Å². The van der Waals surface area contributed by atoms with E-state index in [2.05, 4.69) is 32.7 Å². The predicted octanol–water partition coefficient (Wildman–Crippen LogP) is 5.27. The van der Waals surface area contributed by atoms with Crippen molar-refractivity contribution in [3.8, 4) is 0 Å². The van der Waals surface area contributed by atoms with Crippen LogP contribution in [-0.2, 0) is 13.0 Å². The molecule has 0 aliphatic carbocycles. The number of nitrogens with one attached hydrogen (secondary N) is 1. The summed E-state index contributed by atoms with van der Waals surface area (Å²) in [4.78, 5) is 28.9. The third-order valence-corrected chi connectivity index (χ3v) is 6.57. The maximum Gasteiger partial charge on any atom is 0.255 e. The lowest BCUT2D eigenvalue weighted by molar-refractivity contribution is 0.0735. The van der Waals surface area contributed by atoms with Crippen molar-refractivity contribution in [3.63, 3.8) is 0 Å². The summed E-state index contributed by atoms with van der Waals surface area (Å²) in [6, 6.07) is 14.8. The molecule has 0 spiro atoms. The molecule has 2 aromatic carbocycles. The quantitative estimate of drug-likeness (QED) is 0.585. The number of anilines is 1. The van der Waals surface area contributed by atoms with Gasteiger partial charge in [0.2, 0.25) is 0 Å². The molecule has 1 aliphatic heterocycles. The van der Waals surface area contributed by atoms with Crippen molar-refractivity contribution in [3.05, 3.63) is 85.5 Å². The molecule has 1 aromatic heterocycles. The average molecular weight is 455 g/mol. The van der Waals surface area contributed by atoms with Crippen LogP contribution in [0.25, 0.3) is 0 Å². The maximum absolute atomic E-state index is 13.1. The van der Waals surface area contributed by atoms with E-state index in [1.165, 1.54) is 10.4 Å². The fourth-order valence-corrected chi connectivity index (χ4v) is 4.54. The monoisotopic (exact) mass is 454 g/mol. The molecule has 0 saturated carbocycles. The van der Waals surface area contributed by atoms with Crippen LogP contribution < -0.4 is 5.32 Å². The number of fused-ring (bicyclic) bond motifs is 1. The van der Waals surface area contributed by atoms with E-state index in [9.17, 15) is 9.59 Å². The van der Waals surface area contributed by atoms with Crippen molar-refractivity contribution in [1.82, 2.24) is 4.90 Å². The fraction of sp³-hybridized carbons (Fsp3) is 0.182. The van der Waals surface area contributed by atoms with Crippen molar-refractivity contribution < 1.29 is 9.59 Å². The highest BCUT2D eigenvalue weighted by molar-refractivity contribution is 9.10. The molecule has 28 heavy (non-hydrogen) atoms. The van der Waals surface area contributed by atoms with E-state index in [0.29, 0.717) is 23.4 Å². The largest absolute Gasteiger partial charge is 0.334 e. The molecule has 2 heterocycles. The number of thiophene rings is 1. The number of carbonyl (C=O) groups is 2. The number of carbonyl (C=O) groups excluding carboxylic acids is 2. The summed E-state index contributed by atoms with van der Waals surface area (Å²) in [6.07, 6.45) is 0.901. The first-order valence-corrected chi connectivity index (χ1v) is 10.7. The molecule has 4 nitrogen and oxygen atoms in total. The average Bonchev–Trinajstić information content (AvgIpc) is 3.17. The minimum atomic E-state index is -0.193. The fourth-order valence-electron chi connectivity index (χ4n) is 3.39. The molecule has 1 aliphatic rings. The van der Waals surface area contributed by atoms with Crippen LogP contribution in [0.15, 0.2) is 58.4 Å². The van der Waals surface area contributed by atoms with Gasteiger partial charge in [-0.05, 0) is 72.3 Å². The number of nitrogens with zero attached hydrogens (tertiary/aromatic N) is 1. The SMILES string of the molecule is Cc1c(NC(=O)c2ccc(Br)cc2)cccc1C(=O)N1CCc2sccc2C1. The minimum Gasteiger partial charge on any atom is -0.334 e. The van der Waals surface area contributed by atoms with Crippen LogP contribution >= 0.6 is 27.3 Å². The first kappa shape index (κ1) is 18.9. The summed E-state index contributed by atoms with van der Waals surface area (Å²) >= 11 is 5.13. The molecule has 0 radical (unpaired) electrons. The second-order valence-corrected chi connectivity index (χ2v) is 8.70. The van der Waals surface area contributed by atoms with Crippen LogP contribution in [0.3, 0.4) is 0 Å². The van der Waals surface area contributed by atoms with Crippen molar-refractivity contribution in [2.45, 2.75) is 19.9 Å². The molecule has 0 unspecified atom stereocenters. The zero-order chi connectivity index (χ0) is 19.7.